The van der Waals surface area contributed by atoms with E-state index in [0.717, 1.165) is 17.1 Å². The van der Waals surface area contributed by atoms with Crippen LogP contribution in [0.25, 0.3) is 0 Å². The number of hydrogen-bond donors (Lipinski definition) is 2. The normalized spacial score (nSPS) is 9.75. The van der Waals surface area contributed by atoms with E-state index in [1.165, 1.54) is 0 Å². The number of aryl methyl sites for hydroxylation is 1. The maximum absolute atomic E-state index is 6.07. The number of pyridine rings is 1. The molecule has 0 unspecified atom stereocenters. The molecular formula is C14H14ClN5. The first-order chi connectivity index (χ1) is 9.63. The van der Waals surface area contributed by atoms with Crippen molar-refractivity contribution in [2.24, 2.45) is 0 Å². The second-order valence-electron chi connectivity index (χ2n) is 3.98. The molecular weight excluding hydrogens is 274 g/mol. The van der Waals surface area contributed by atoms with Crippen molar-refractivity contribution in [1.29, 1.82) is 0 Å². The number of nitrogens with zero attached hydrogens (tertiary/aromatic N) is 3. The molecule has 102 valence electrons. The van der Waals surface area contributed by atoms with Crippen molar-refractivity contribution in [3.05, 3.63) is 40.3 Å². The summed E-state index contributed by atoms with van der Waals surface area (Å²) >= 11 is 6.07. The third-order valence-corrected chi connectivity index (χ3v) is 2.92. The monoisotopic (exact) mass is 287 g/mol. The molecule has 20 heavy (non-hydrogen) atoms. The van der Waals surface area contributed by atoms with Gasteiger partial charge in [0.25, 0.3) is 0 Å². The molecule has 0 fully saturated rings. The average Bonchev–Trinajstić information content (AvgIpc) is 2.46. The largest absolute Gasteiger partial charge is 0.373 e. The molecule has 0 aliphatic carbocycles. The molecule has 0 aliphatic rings. The molecule has 0 spiro atoms. The second-order valence-corrected chi connectivity index (χ2v) is 4.34. The molecule has 5 nitrogen and oxygen atoms in total. The van der Waals surface area contributed by atoms with Crippen LogP contribution in [-0.2, 0) is 6.42 Å². The lowest BCUT2D eigenvalue weighted by atomic mass is 10.2. The van der Waals surface area contributed by atoms with Crippen LogP contribution >= 0.6 is 11.6 Å². The van der Waals surface area contributed by atoms with E-state index in [1.54, 1.807) is 6.20 Å². The minimum absolute atomic E-state index is 0.164. The molecule has 2 heterocycles. The highest BCUT2D eigenvalue weighted by atomic mass is 35.5. The van der Waals surface area contributed by atoms with E-state index >= 15 is 0 Å². The molecule has 0 bridgehead atoms. The van der Waals surface area contributed by atoms with Crippen LogP contribution in [0.4, 0.5) is 11.8 Å². The number of anilines is 2. The molecule has 0 amide bonds. The van der Waals surface area contributed by atoms with Gasteiger partial charge in [0.2, 0.25) is 5.95 Å². The fraction of sp³-hybridized carbons (Fsp3) is 0.214. The lowest BCUT2D eigenvalue weighted by molar-refractivity contribution is 0.999. The van der Waals surface area contributed by atoms with Crippen molar-refractivity contribution in [2.75, 3.05) is 18.1 Å². The lowest BCUT2D eigenvalue weighted by Gasteiger charge is -2.03. The third kappa shape index (κ3) is 3.16. The van der Waals surface area contributed by atoms with Gasteiger partial charge in [-0.15, -0.1) is 0 Å². The third-order valence-electron chi connectivity index (χ3n) is 2.64. The summed E-state index contributed by atoms with van der Waals surface area (Å²) in [5, 5.41) is 3.23. The molecule has 2 aromatic heterocycles. The van der Waals surface area contributed by atoms with Gasteiger partial charge in [-0.3, -0.25) is 0 Å². The van der Waals surface area contributed by atoms with Gasteiger partial charge in [-0.2, -0.15) is 4.98 Å². The van der Waals surface area contributed by atoms with Crippen LogP contribution in [0.2, 0.25) is 5.15 Å². The van der Waals surface area contributed by atoms with Crippen LogP contribution in [0.5, 0.6) is 0 Å². The molecule has 0 atom stereocenters. The van der Waals surface area contributed by atoms with Crippen LogP contribution in [-0.4, -0.2) is 22.0 Å². The molecule has 2 rings (SSSR count). The summed E-state index contributed by atoms with van der Waals surface area (Å²) in [6.07, 6.45) is 2.38. The predicted molar refractivity (Wildman–Crippen MR) is 80.6 cm³/mol. The van der Waals surface area contributed by atoms with Crippen molar-refractivity contribution in [2.45, 2.75) is 13.3 Å². The van der Waals surface area contributed by atoms with E-state index in [4.69, 9.17) is 17.3 Å². The number of aromatic nitrogens is 3. The fourth-order valence-corrected chi connectivity index (χ4v) is 1.87. The molecule has 0 saturated heterocycles. The zero-order chi connectivity index (χ0) is 14.5. The average molecular weight is 288 g/mol. The van der Waals surface area contributed by atoms with Gasteiger partial charge >= 0.3 is 0 Å². The lowest BCUT2D eigenvalue weighted by Crippen LogP contribution is -2.02. The number of nitrogens with two attached hydrogens (primary N) is 1. The summed E-state index contributed by atoms with van der Waals surface area (Å²) in [4.78, 5) is 12.3. The summed E-state index contributed by atoms with van der Waals surface area (Å²) in [7, 11) is 1.81. The first-order valence-corrected chi connectivity index (χ1v) is 6.49. The van der Waals surface area contributed by atoms with E-state index < -0.39 is 0 Å². The molecule has 0 radical (unpaired) electrons. The van der Waals surface area contributed by atoms with E-state index in [1.807, 2.05) is 26.1 Å². The maximum Gasteiger partial charge on any atom is 0.221 e. The quantitative estimate of drug-likeness (QED) is 0.653. The van der Waals surface area contributed by atoms with E-state index in [2.05, 4.69) is 32.1 Å². The Labute approximate surface area is 122 Å². The number of nitrogens with one attached hydrogen (secondary N) is 1. The zero-order valence-corrected chi connectivity index (χ0v) is 12.0. The van der Waals surface area contributed by atoms with Gasteiger partial charge in [-0.05, 0) is 18.6 Å². The van der Waals surface area contributed by atoms with Crippen molar-refractivity contribution in [3.8, 4) is 11.8 Å². The summed E-state index contributed by atoms with van der Waals surface area (Å²) in [6.45, 7) is 1.96. The molecule has 0 saturated carbocycles. The smallest absolute Gasteiger partial charge is 0.221 e. The second kappa shape index (κ2) is 6.22. The van der Waals surface area contributed by atoms with Crippen molar-refractivity contribution >= 4 is 23.4 Å². The van der Waals surface area contributed by atoms with Crippen LogP contribution in [0.15, 0.2) is 18.3 Å². The Morgan fingerprint density at radius 3 is 2.70 bits per heavy atom. The molecule has 2 aromatic rings. The van der Waals surface area contributed by atoms with E-state index in [-0.39, 0.29) is 11.1 Å². The zero-order valence-electron chi connectivity index (χ0n) is 11.2. The van der Waals surface area contributed by atoms with Gasteiger partial charge < -0.3 is 11.1 Å². The van der Waals surface area contributed by atoms with Crippen LogP contribution in [0.3, 0.4) is 0 Å². The Bertz CT molecular complexity index is 670. The highest BCUT2D eigenvalue weighted by molar-refractivity contribution is 6.30. The number of hydrogen-bond acceptors (Lipinski definition) is 5. The first-order valence-electron chi connectivity index (χ1n) is 6.11. The predicted octanol–water partition coefficient (Wildman–Crippen LogP) is 2.11. The summed E-state index contributed by atoms with van der Waals surface area (Å²) in [5.74, 6) is 6.95. The van der Waals surface area contributed by atoms with E-state index in [0.29, 0.717) is 12.0 Å². The van der Waals surface area contributed by atoms with Crippen LogP contribution in [0.1, 0.15) is 23.7 Å². The number of nitrogen functional groups attached to an aromatic ring is 1. The maximum atomic E-state index is 6.07. The number of halogens is 1. The Morgan fingerprint density at radius 1 is 1.30 bits per heavy atom. The van der Waals surface area contributed by atoms with Gasteiger partial charge in [0.15, 0.2) is 5.15 Å². The molecule has 6 heteroatoms. The van der Waals surface area contributed by atoms with Crippen molar-refractivity contribution in [3.63, 3.8) is 0 Å². The fourth-order valence-electron chi connectivity index (χ4n) is 1.62. The highest BCUT2D eigenvalue weighted by Crippen LogP contribution is 2.17. The van der Waals surface area contributed by atoms with Crippen LogP contribution < -0.4 is 11.1 Å². The topological polar surface area (TPSA) is 76.7 Å². The SMILES string of the molecule is CCc1nc(N)nc(Cl)c1C#Cc1ccc(NC)nc1. The molecule has 3 N–H and O–H groups in total. The minimum atomic E-state index is 0.164. The Hall–Kier alpha value is -2.32. The van der Waals surface area contributed by atoms with Gasteiger partial charge in [0.1, 0.15) is 5.82 Å². The molecule has 0 aliphatic heterocycles. The van der Waals surface area contributed by atoms with Gasteiger partial charge in [-0.25, -0.2) is 9.97 Å². The van der Waals surface area contributed by atoms with E-state index in [9.17, 15) is 0 Å². The van der Waals surface area contributed by atoms with Crippen molar-refractivity contribution < 1.29 is 0 Å². The summed E-state index contributed by atoms with van der Waals surface area (Å²) < 4.78 is 0. The summed E-state index contributed by atoms with van der Waals surface area (Å²) in [6, 6.07) is 3.73. The standard InChI is InChI=1S/C14H14ClN5/c1-3-11-10(13(15)20-14(16)19-11)6-4-9-5-7-12(17-2)18-8-9/h5,7-8H,3H2,1-2H3,(H,17,18)(H2,16,19,20). The van der Waals surface area contributed by atoms with Crippen molar-refractivity contribution in [1.82, 2.24) is 15.0 Å². The Balaban J connectivity index is 2.36. The van der Waals surface area contributed by atoms with Gasteiger partial charge in [-0.1, -0.05) is 30.4 Å². The van der Waals surface area contributed by atoms with Gasteiger partial charge in [0, 0.05) is 18.8 Å². The first kappa shape index (κ1) is 14.1. The van der Waals surface area contributed by atoms with Gasteiger partial charge in [0.05, 0.1) is 11.3 Å². The minimum Gasteiger partial charge on any atom is -0.373 e. The Kier molecular flexibility index (Phi) is 4.38. The number of rotatable bonds is 2. The molecule has 0 aromatic carbocycles. The van der Waals surface area contributed by atoms with Crippen LogP contribution in [0, 0.1) is 11.8 Å². The summed E-state index contributed by atoms with van der Waals surface area (Å²) in [5.41, 5.74) is 7.72. The highest BCUT2D eigenvalue weighted by Gasteiger charge is 2.08. The Morgan fingerprint density at radius 2 is 2.10 bits per heavy atom.